The summed E-state index contributed by atoms with van der Waals surface area (Å²) < 4.78 is 0. The average molecular weight is 311 g/mol. The molecule has 0 bridgehead atoms. The van der Waals surface area contributed by atoms with Gasteiger partial charge in [-0.05, 0) is 53.1 Å². The van der Waals surface area contributed by atoms with Crippen LogP contribution >= 0.6 is 0 Å². The maximum atomic E-state index is 5.03. The van der Waals surface area contributed by atoms with E-state index in [4.69, 9.17) is 4.98 Å². The predicted octanol–water partition coefficient (Wildman–Crippen LogP) is 4.10. The molecule has 0 saturated heterocycles. The lowest BCUT2D eigenvalue weighted by Gasteiger charge is -2.23. The highest BCUT2D eigenvalue weighted by Crippen LogP contribution is 2.35. The summed E-state index contributed by atoms with van der Waals surface area (Å²) >= 11 is 0. The van der Waals surface area contributed by atoms with Crippen molar-refractivity contribution >= 4 is 21.7 Å². The maximum absolute atomic E-state index is 5.03. The van der Waals surface area contributed by atoms with Crippen LogP contribution in [0.3, 0.4) is 0 Å². The Morgan fingerprint density at radius 2 is 1.88 bits per heavy atom. The van der Waals surface area contributed by atoms with Gasteiger partial charge in [-0.15, -0.1) is 0 Å². The van der Waals surface area contributed by atoms with E-state index >= 15 is 0 Å². The van der Waals surface area contributed by atoms with Crippen molar-refractivity contribution in [3.05, 3.63) is 72.1 Å². The Labute approximate surface area is 140 Å². The molecule has 116 valence electrons. The molecule has 0 saturated carbocycles. The first-order valence-electron chi connectivity index (χ1n) is 8.36. The molecule has 3 nitrogen and oxygen atoms in total. The molecule has 1 aliphatic rings. The van der Waals surface area contributed by atoms with Crippen LogP contribution in [0.4, 0.5) is 0 Å². The number of aromatic nitrogens is 2. The van der Waals surface area contributed by atoms with Gasteiger partial charge in [-0.3, -0.25) is 4.98 Å². The van der Waals surface area contributed by atoms with Crippen LogP contribution in [0.15, 0.2) is 60.9 Å². The molecule has 3 heterocycles. The molecule has 4 aromatic rings. The topological polar surface area (TPSA) is 37.8 Å². The van der Waals surface area contributed by atoms with Gasteiger partial charge in [0, 0.05) is 29.9 Å². The highest BCUT2D eigenvalue weighted by atomic mass is 14.9. The molecule has 0 atom stereocenters. The number of hydrogen-bond donors (Lipinski definition) is 1. The first kappa shape index (κ1) is 13.6. The monoisotopic (exact) mass is 311 g/mol. The minimum atomic E-state index is 0.867. The van der Waals surface area contributed by atoms with Gasteiger partial charge in [0.25, 0.3) is 0 Å². The van der Waals surface area contributed by atoms with E-state index in [0.717, 1.165) is 36.3 Å². The van der Waals surface area contributed by atoms with E-state index in [1.807, 2.05) is 18.5 Å². The van der Waals surface area contributed by atoms with Gasteiger partial charge in [-0.25, -0.2) is 4.98 Å². The zero-order chi connectivity index (χ0) is 15.9. The van der Waals surface area contributed by atoms with Gasteiger partial charge < -0.3 is 5.32 Å². The molecule has 0 aliphatic carbocycles. The lowest BCUT2D eigenvalue weighted by molar-refractivity contribution is 0.646. The van der Waals surface area contributed by atoms with Crippen molar-refractivity contribution in [1.29, 1.82) is 0 Å². The Hall–Kier alpha value is -2.78. The van der Waals surface area contributed by atoms with Gasteiger partial charge in [-0.2, -0.15) is 0 Å². The van der Waals surface area contributed by atoms with Crippen LogP contribution in [0.5, 0.6) is 0 Å². The Kier molecular flexibility index (Phi) is 3.06. The highest BCUT2D eigenvalue weighted by Gasteiger charge is 2.20. The average Bonchev–Trinajstić information content (AvgIpc) is 2.67. The summed E-state index contributed by atoms with van der Waals surface area (Å²) in [5.74, 6) is 0. The summed E-state index contributed by atoms with van der Waals surface area (Å²) in [6.45, 7) is 1.88. The van der Waals surface area contributed by atoms with Crippen molar-refractivity contribution < 1.29 is 0 Å². The third-order valence-corrected chi connectivity index (χ3v) is 4.88. The van der Waals surface area contributed by atoms with Crippen LogP contribution in [0.1, 0.15) is 11.1 Å². The van der Waals surface area contributed by atoms with Crippen molar-refractivity contribution in [2.24, 2.45) is 0 Å². The largest absolute Gasteiger partial charge is 0.312 e. The zero-order valence-corrected chi connectivity index (χ0v) is 13.3. The van der Waals surface area contributed by atoms with Crippen LogP contribution in [0.25, 0.3) is 32.9 Å². The standard InChI is InChI=1S/C21H17N3/c1-2-6-16-14(4-1)7-8-19-20(16)17-9-11-23-13-18(17)21(24-19)15-5-3-10-22-12-15/h1-8,10,12,23H,9,11,13H2. The van der Waals surface area contributed by atoms with E-state index in [0.29, 0.717) is 0 Å². The smallest absolute Gasteiger partial charge is 0.0772 e. The van der Waals surface area contributed by atoms with Crippen molar-refractivity contribution in [3.8, 4) is 11.3 Å². The summed E-state index contributed by atoms with van der Waals surface area (Å²) in [5.41, 5.74) is 5.99. The van der Waals surface area contributed by atoms with Crippen LogP contribution in [-0.2, 0) is 13.0 Å². The van der Waals surface area contributed by atoms with E-state index < -0.39 is 0 Å². The lowest BCUT2D eigenvalue weighted by atomic mass is 9.90. The zero-order valence-electron chi connectivity index (χ0n) is 13.3. The Bertz CT molecular complexity index is 1050. The number of benzene rings is 2. The number of pyridine rings is 2. The summed E-state index contributed by atoms with van der Waals surface area (Å²) in [5, 5.41) is 7.40. The molecule has 2 aromatic heterocycles. The number of fused-ring (bicyclic) bond motifs is 5. The number of nitrogens with zero attached hydrogens (tertiary/aromatic N) is 2. The molecule has 3 heteroatoms. The SMILES string of the molecule is c1cncc(-c2nc3ccc4ccccc4c3c3c2CNCC3)c1. The van der Waals surface area contributed by atoms with E-state index in [2.05, 4.69) is 52.8 Å². The molecule has 24 heavy (non-hydrogen) atoms. The van der Waals surface area contributed by atoms with Gasteiger partial charge in [-0.1, -0.05) is 30.3 Å². The third-order valence-electron chi connectivity index (χ3n) is 4.88. The van der Waals surface area contributed by atoms with Crippen LogP contribution in [0.2, 0.25) is 0 Å². The van der Waals surface area contributed by atoms with E-state index in [9.17, 15) is 0 Å². The molecular weight excluding hydrogens is 294 g/mol. The van der Waals surface area contributed by atoms with Gasteiger partial charge in [0.05, 0.1) is 11.2 Å². The second-order valence-electron chi connectivity index (χ2n) is 6.27. The van der Waals surface area contributed by atoms with Gasteiger partial charge in [0.15, 0.2) is 0 Å². The second-order valence-corrected chi connectivity index (χ2v) is 6.27. The van der Waals surface area contributed by atoms with Crippen molar-refractivity contribution in [3.63, 3.8) is 0 Å². The molecule has 5 rings (SSSR count). The number of nitrogens with one attached hydrogen (secondary N) is 1. The summed E-state index contributed by atoms with van der Waals surface area (Å²) in [6, 6.07) is 17.0. The molecule has 1 N–H and O–H groups in total. The number of rotatable bonds is 1. The van der Waals surface area contributed by atoms with Crippen LogP contribution in [-0.4, -0.2) is 16.5 Å². The lowest BCUT2D eigenvalue weighted by Crippen LogP contribution is -2.25. The first-order chi connectivity index (χ1) is 11.9. The minimum absolute atomic E-state index is 0.867. The molecule has 0 fully saturated rings. The first-order valence-corrected chi connectivity index (χ1v) is 8.36. The van der Waals surface area contributed by atoms with Gasteiger partial charge in [0.1, 0.15) is 0 Å². The highest BCUT2D eigenvalue weighted by molar-refractivity contribution is 6.09. The molecular formula is C21H17N3. The maximum Gasteiger partial charge on any atom is 0.0772 e. The molecule has 2 aromatic carbocycles. The van der Waals surface area contributed by atoms with Gasteiger partial charge in [0.2, 0.25) is 0 Å². The second kappa shape index (κ2) is 5.39. The fourth-order valence-corrected chi connectivity index (χ4v) is 3.79. The summed E-state index contributed by atoms with van der Waals surface area (Å²) in [6.07, 6.45) is 4.75. The summed E-state index contributed by atoms with van der Waals surface area (Å²) in [4.78, 5) is 9.31. The van der Waals surface area contributed by atoms with Crippen molar-refractivity contribution in [2.45, 2.75) is 13.0 Å². The molecule has 0 amide bonds. The molecule has 0 spiro atoms. The fourth-order valence-electron chi connectivity index (χ4n) is 3.79. The van der Waals surface area contributed by atoms with Crippen LogP contribution in [0, 0.1) is 0 Å². The molecule has 1 aliphatic heterocycles. The third kappa shape index (κ3) is 2.02. The number of hydrogen-bond acceptors (Lipinski definition) is 3. The normalized spacial score (nSPS) is 14.0. The Morgan fingerprint density at radius 3 is 2.79 bits per heavy atom. The fraction of sp³-hybridized carbons (Fsp3) is 0.143. The molecule has 0 radical (unpaired) electrons. The predicted molar refractivity (Wildman–Crippen MR) is 97.9 cm³/mol. The van der Waals surface area contributed by atoms with E-state index in [1.54, 1.807) is 0 Å². The Morgan fingerprint density at radius 1 is 0.917 bits per heavy atom. The van der Waals surface area contributed by atoms with Gasteiger partial charge >= 0.3 is 0 Å². The van der Waals surface area contributed by atoms with E-state index in [-0.39, 0.29) is 0 Å². The van der Waals surface area contributed by atoms with Crippen molar-refractivity contribution in [2.75, 3.05) is 6.54 Å². The van der Waals surface area contributed by atoms with Crippen LogP contribution < -0.4 is 5.32 Å². The summed E-state index contributed by atoms with van der Waals surface area (Å²) in [7, 11) is 0. The Balaban J connectivity index is 1.92. The quantitative estimate of drug-likeness (QED) is 0.538. The van der Waals surface area contributed by atoms with E-state index in [1.165, 1.54) is 27.3 Å². The minimum Gasteiger partial charge on any atom is -0.312 e. The van der Waals surface area contributed by atoms with Crippen molar-refractivity contribution in [1.82, 2.24) is 15.3 Å². The molecule has 0 unspecified atom stereocenters.